The number of hydrogen-bond donors (Lipinski definition) is 2. The molecule has 4 nitrogen and oxygen atoms in total. The number of carboxylic acid groups (broad SMARTS) is 1. The zero-order valence-electron chi connectivity index (χ0n) is 12.0. The molecule has 0 saturated heterocycles. The third kappa shape index (κ3) is 5.78. The Labute approximate surface area is 133 Å². The largest absolute Gasteiger partial charge is 0.480 e. The van der Waals surface area contributed by atoms with E-state index in [0.717, 1.165) is 0 Å². The van der Waals surface area contributed by atoms with Crippen LogP contribution in [0, 0.1) is 5.41 Å². The predicted molar refractivity (Wildman–Crippen MR) is 84.5 cm³/mol. The molecular formula is C15H17Cl2NO3. The van der Waals surface area contributed by atoms with Crippen LogP contribution in [0.15, 0.2) is 24.3 Å². The number of amides is 1. The monoisotopic (exact) mass is 329 g/mol. The van der Waals surface area contributed by atoms with Crippen LogP contribution >= 0.6 is 23.2 Å². The van der Waals surface area contributed by atoms with Gasteiger partial charge in [-0.15, -0.1) is 0 Å². The summed E-state index contributed by atoms with van der Waals surface area (Å²) in [5.41, 5.74) is 0.0691. The first kappa shape index (κ1) is 17.5. The second kappa shape index (κ2) is 6.96. The second-order valence-corrected chi connectivity index (χ2v) is 6.55. The number of nitrogens with one attached hydrogen (secondary N) is 1. The Morgan fingerprint density at radius 2 is 1.71 bits per heavy atom. The Balaban J connectivity index is 2.81. The molecule has 0 heterocycles. The number of halogens is 2. The zero-order valence-corrected chi connectivity index (χ0v) is 13.5. The summed E-state index contributed by atoms with van der Waals surface area (Å²) in [6.45, 7) is 5.23. The molecule has 1 aromatic carbocycles. The van der Waals surface area contributed by atoms with Gasteiger partial charge in [-0.05, 0) is 35.3 Å². The number of carboxylic acids is 1. The number of carbonyl (C=O) groups is 2. The molecule has 2 N–H and O–H groups in total. The smallest absolute Gasteiger partial charge is 0.326 e. The van der Waals surface area contributed by atoms with Gasteiger partial charge >= 0.3 is 5.97 Å². The summed E-state index contributed by atoms with van der Waals surface area (Å²) in [5, 5.41) is 12.5. The molecule has 0 radical (unpaired) electrons. The van der Waals surface area contributed by atoms with E-state index in [2.05, 4.69) is 5.32 Å². The summed E-state index contributed by atoms with van der Waals surface area (Å²) in [5.74, 6) is -1.57. The van der Waals surface area contributed by atoms with Gasteiger partial charge in [-0.2, -0.15) is 0 Å². The van der Waals surface area contributed by atoms with Gasteiger partial charge in [0.15, 0.2) is 0 Å². The number of aliphatic carboxylic acids is 1. The van der Waals surface area contributed by atoms with Crippen molar-refractivity contribution in [1.29, 1.82) is 0 Å². The Morgan fingerprint density at radius 3 is 2.14 bits per heavy atom. The van der Waals surface area contributed by atoms with Crippen LogP contribution in [0.4, 0.5) is 0 Å². The summed E-state index contributed by atoms with van der Waals surface area (Å²) >= 11 is 11.7. The van der Waals surface area contributed by atoms with Crippen molar-refractivity contribution < 1.29 is 14.7 Å². The minimum absolute atomic E-state index is 0.459. The highest BCUT2D eigenvalue weighted by atomic mass is 35.5. The van der Waals surface area contributed by atoms with E-state index in [4.69, 9.17) is 28.3 Å². The quantitative estimate of drug-likeness (QED) is 0.829. The molecule has 21 heavy (non-hydrogen) atoms. The fourth-order valence-electron chi connectivity index (χ4n) is 1.68. The van der Waals surface area contributed by atoms with Crippen molar-refractivity contribution in [3.8, 4) is 0 Å². The molecule has 0 bridgehead atoms. The first-order valence-corrected chi connectivity index (χ1v) is 7.02. The first-order chi connectivity index (χ1) is 9.59. The Morgan fingerprint density at radius 1 is 1.19 bits per heavy atom. The van der Waals surface area contributed by atoms with Crippen LogP contribution in [0.25, 0.3) is 6.08 Å². The second-order valence-electron chi connectivity index (χ2n) is 5.68. The summed E-state index contributed by atoms with van der Waals surface area (Å²) in [6, 6.07) is 3.91. The van der Waals surface area contributed by atoms with Crippen molar-refractivity contribution in [2.75, 3.05) is 0 Å². The van der Waals surface area contributed by atoms with Crippen molar-refractivity contribution in [1.82, 2.24) is 5.32 Å². The Kier molecular flexibility index (Phi) is 5.81. The normalized spacial score (nSPS) is 13.2. The molecule has 1 rings (SSSR count). The summed E-state index contributed by atoms with van der Waals surface area (Å²) in [6.07, 6.45) is 2.78. The van der Waals surface area contributed by atoms with Gasteiger partial charge in [-0.1, -0.05) is 44.0 Å². The van der Waals surface area contributed by atoms with E-state index in [0.29, 0.717) is 15.6 Å². The highest BCUT2D eigenvalue weighted by Gasteiger charge is 2.31. The van der Waals surface area contributed by atoms with Crippen LogP contribution < -0.4 is 5.32 Å². The molecule has 0 aromatic heterocycles. The van der Waals surface area contributed by atoms with Gasteiger partial charge < -0.3 is 10.4 Å². The van der Waals surface area contributed by atoms with E-state index in [1.165, 1.54) is 12.2 Å². The number of rotatable bonds is 4. The van der Waals surface area contributed by atoms with Crippen molar-refractivity contribution in [2.45, 2.75) is 26.8 Å². The SMILES string of the molecule is CC(C)(C)C(NC(=O)/C=C/c1cc(Cl)cc(Cl)c1)C(=O)O. The maximum atomic E-state index is 11.8. The van der Waals surface area contributed by atoms with E-state index < -0.39 is 23.3 Å². The zero-order chi connectivity index (χ0) is 16.2. The third-order valence-corrected chi connectivity index (χ3v) is 3.15. The van der Waals surface area contributed by atoms with E-state index in [1.54, 1.807) is 39.0 Å². The molecule has 1 amide bonds. The standard InChI is InChI=1S/C15H17Cl2NO3/c1-15(2,3)13(14(20)21)18-12(19)5-4-9-6-10(16)8-11(17)7-9/h4-8,13H,1-3H3,(H,18,19)(H,20,21)/b5-4+. The molecule has 0 aliphatic carbocycles. The van der Waals surface area contributed by atoms with E-state index in [-0.39, 0.29) is 0 Å². The summed E-state index contributed by atoms with van der Waals surface area (Å²) in [4.78, 5) is 23.0. The summed E-state index contributed by atoms with van der Waals surface area (Å²) < 4.78 is 0. The van der Waals surface area contributed by atoms with E-state index >= 15 is 0 Å². The molecule has 1 atom stereocenters. The minimum atomic E-state index is -1.07. The number of carbonyl (C=O) groups excluding carboxylic acids is 1. The lowest BCUT2D eigenvalue weighted by molar-refractivity contribution is -0.144. The van der Waals surface area contributed by atoms with Gasteiger partial charge in [0.1, 0.15) is 6.04 Å². The Hall–Kier alpha value is -1.52. The van der Waals surface area contributed by atoms with Crippen LogP contribution in [0.2, 0.25) is 10.0 Å². The molecule has 0 saturated carbocycles. The highest BCUT2D eigenvalue weighted by molar-refractivity contribution is 6.34. The molecule has 6 heteroatoms. The topological polar surface area (TPSA) is 66.4 Å². The predicted octanol–water partition coefficient (Wildman–Crippen LogP) is 3.62. The number of benzene rings is 1. The van der Waals surface area contributed by atoms with Gasteiger partial charge in [0.25, 0.3) is 0 Å². The van der Waals surface area contributed by atoms with Crippen LogP contribution in [-0.2, 0) is 9.59 Å². The van der Waals surface area contributed by atoms with Crippen LogP contribution in [-0.4, -0.2) is 23.0 Å². The van der Waals surface area contributed by atoms with Gasteiger partial charge in [0, 0.05) is 16.1 Å². The van der Waals surface area contributed by atoms with Crippen molar-refractivity contribution >= 4 is 41.2 Å². The fraction of sp³-hybridized carbons (Fsp3) is 0.333. The lowest BCUT2D eigenvalue weighted by atomic mass is 9.87. The Bertz CT molecular complexity index is 557. The highest BCUT2D eigenvalue weighted by Crippen LogP contribution is 2.21. The fourth-order valence-corrected chi connectivity index (χ4v) is 2.23. The van der Waals surface area contributed by atoms with Crippen LogP contribution in [0.3, 0.4) is 0 Å². The molecule has 0 spiro atoms. The average molecular weight is 330 g/mol. The van der Waals surface area contributed by atoms with Crippen molar-refractivity contribution in [2.24, 2.45) is 5.41 Å². The maximum Gasteiger partial charge on any atom is 0.326 e. The van der Waals surface area contributed by atoms with Crippen molar-refractivity contribution in [3.05, 3.63) is 39.9 Å². The molecule has 1 aromatic rings. The maximum absolute atomic E-state index is 11.8. The molecule has 0 aliphatic heterocycles. The van der Waals surface area contributed by atoms with Gasteiger partial charge in [-0.3, -0.25) is 4.79 Å². The van der Waals surface area contributed by atoms with E-state index in [9.17, 15) is 9.59 Å². The number of hydrogen-bond acceptors (Lipinski definition) is 2. The van der Waals surface area contributed by atoms with Gasteiger partial charge in [0.2, 0.25) is 5.91 Å². The lowest BCUT2D eigenvalue weighted by Gasteiger charge is -2.27. The van der Waals surface area contributed by atoms with Gasteiger partial charge in [-0.25, -0.2) is 4.79 Å². The molecule has 1 unspecified atom stereocenters. The van der Waals surface area contributed by atoms with Gasteiger partial charge in [0.05, 0.1) is 0 Å². The summed E-state index contributed by atoms with van der Waals surface area (Å²) in [7, 11) is 0. The van der Waals surface area contributed by atoms with Crippen LogP contribution in [0.1, 0.15) is 26.3 Å². The molecular weight excluding hydrogens is 313 g/mol. The average Bonchev–Trinajstić information content (AvgIpc) is 2.30. The van der Waals surface area contributed by atoms with Crippen LogP contribution in [0.5, 0.6) is 0 Å². The van der Waals surface area contributed by atoms with E-state index in [1.807, 2.05) is 0 Å². The lowest BCUT2D eigenvalue weighted by Crippen LogP contribution is -2.48. The molecule has 0 aliphatic rings. The molecule has 0 fully saturated rings. The molecule has 114 valence electrons. The third-order valence-electron chi connectivity index (χ3n) is 2.71. The van der Waals surface area contributed by atoms with Crippen molar-refractivity contribution in [3.63, 3.8) is 0 Å². The first-order valence-electron chi connectivity index (χ1n) is 6.27. The minimum Gasteiger partial charge on any atom is -0.480 e.